The van der Waals surface area contributed by atoms with Crippen LogP contribution in [0.3, 0.4) is 0 Å². The summed E-state index contributed by atoms with van der Waals surface area (Å²) in [6, 6.07) is 11.3. The highest BCUT2D eigenvalue weighted by Gasteiger charge is 2.19. The first-order chi connectivity index (χ1) is 12.5. The highest BCUT2D eigenvalue weighted by atomic mass is 35.5. The molecule has 3 rings (SSSR count). The minimum atomic E-state index is -0.105. The standard InChI is InChI=1S/C20H21ClN2O3/c1-14-9-15(2)20(18(21)10-14)22-19(24)13-23(11-16-5-3-7-25-16)12-17-6-4-8-26-17/h3-10H,11-13H2,1-2H3,(H,22,24)/p+1. The van der Waals surface area contributed by atoms with Crippen LogP contribution in [-0.2, 0) is 17.9 Å². The van der Waals surface area contributed by atoms with E-state index in [-0.39, 0.29) is 12.5 Å². The molecule has 0 saturated heterocycles. The third-order valence-corrected chi connectivity index (χ3v) is 4.41. The fourth-order valence-corrected chi connectivity index (χ4v) is 3.36. The van der Waals surface area contributed by atoms with Crippen LogP contribution in [0, 0.1) is 13.8 Å². The van der Waals surface area contributed by atoms with Crippen LogP contribution in [0.25, 0.3) is 0 Å². The minimum absolute atomic E-state index is 0.105. The minimum Gasteiger partial charge on any atom is -0.463 e. The Balaban J connectivity index is 1.70. The Morgan fingerprint density at radius 3 is 2.19 bits per heavy atom. The van der Waals surface area contributed by atoms with Crippen molar-refractivity contribution in [3.63, 3.8) is 0 Å². The molecular weight excluding hydrogens is 352 g/mol. The summed E-state index contributed by atoms with van der Waals surface area (Å²) < 4.78 is 10.9. The number of carbonyl (C=O) groups excluding carboxylic acids is 1. The van der Waals surface area contributed by atoms with Crippen LogP contribution in [0.1, 0.15) is 22.6 Å². The second kappa shape index (κ2) is 8.25. The summed E-state index contributed by atoms with van der Waals surface area (Å²) >= 11 is 6.29. The molecule has 0 aliphatic rings. The van der Waals surface area contributed by atoms with Crippen molar-refractivity contribution < 1.29 is 18.5 Å². The van der Waals surface area contributed by atoms with Crippen molar-refractivity contribution in [1.29, 1.82) is 0 Å². The van der Waals surface area contributed by atoms with Gasteiger partial charge in [0.25, 0.3) is 5.91 Å². The zero-order chi connectivity index (χ0) is 18.5. The van der Waals surface area contributed by atoms with Gasteiger partial charge in [0, 0.05) is 0 Å². The topological polar surface area (TPSA) is 59.8 Å². The molecule has 2 aromatic heterocycles. The van der Waals surface area contributed by atoms with Crippen LogP contribution in [0.2, 0.25) is 5.02 Å². The van der Waals surface area contributed by atoms with E-state index >= 15 is 0 Å². The second-order valence-electron chi connectivity index (χ2n) is 6.43. The van der Waals surface area contributed by atoms with Gasteiger partial charge in [0.15, 0.2) is 18.1 Å². The largest absolute Gasteiger partial charge is 0.463 e. The highest BCUT2D eigenvalue weighted by molar-refractivity contribution is 6.34. The van der Waals surface area contributed by atoms with Crippen LogP contribution in [0.5, 0.6) is 0 Å². The lowest BCUT2D eigenvalue weighted by atomic mass is 10.1. The molecule has 2 N–H and O–H groups in total. The number of anilines is 1. The maximum absolute atomic E-state index is 12.6. The van der Waals surface area contributed by atoms with Gasteiger partial charge in [-0.05, 0) is 55.3 Å². The van der Waals surface area contributed by atoms with Crippen molar-refractivity contribution in [2.45, 2.75) is 26.9 Å². The number of hydrogen-bond acceptors (Lipinski definition) is 3. The molecule has 0 spiro atoms. The molecule has 6 heteroatoms. The van der Waals surface area contributed by atoms with E-state index < -0.39 is 0 Å². The first kappa shape index (κ1) is 18.3. The summed E-state index contributed by atoms with van der Waals surface area (Å²) in [4.78, 5) is 13.6. The van der Waals surface area contributed by atoms with E-state index in [4.69, 9.17) is 20.4 Å². The fourth-order valence-electron chi connectivity index (χ4n) is 2.99. The molecule has 0 aliphatic heterocycles. The number of carbonyl (C=O) groups is 1. The first-order valence-electron chi connectivity index (χ1n) is 8.46. The summed E-state index contributed by atoms with van der Waals surface area (Å²) in [5.74, 6) is 1.54. The molecule has 0 radical (unpaired) electrons. The lowest BCUT2D eigenvalue weighted by Crippen LogP contribution is -3.10. The van der Waals surface area contributed by atoms with Gasteiger partial charge in [0.1, 0.15) is 13.1 Å². The molecule has 0 aliphatic carbocycles. The van der Waals surface area contributed by atoms with Crippen molar-refractivity contribution in [2.75, 3.05) is 11.9 Å². The van der Waals surface area contributed by atoms with E-state index in [0.717, 1.165) is 27.5 Å². The Morgan fingerprint density at radius 1 is 1.08 bits per heavy atom. The summed E-state index contributed by atoms with van der Waals surface area (Å²) in [6.45, 7) is 5.35. The van der Waals surface area contributed by atoms with Gasteiger partial charge >= 0.3 is 0 Å². The first-order valence-corrected chi connectivity index (χ1v) is 8.84. The number of furan rings is 2. The molecule has 0 fully saturated rings. The number of benzene rings is 1. The quantitative estimate of drug-likeness (QED) is 0.667. The van der Waals surface area contributed by atoms with Gasteiger partial charge < -0.3 is 19.1 Å². The maximum atomic E-state index is 12.6. The van der Waals surface area contributed by atoms with E-state index in [2.05, 4.69) is 5.32 Å². The van der Waals surface area contributed by atoms with E-state index in [1.807, 2.05) is 50.2 Å². The van der Waals surface area contributed by atoms with Gasteiger partial charge in [-0.3, -0.25) is 4.79 Å². The lowest BCUT2D eigenvalue weighted by Gasteiger charge is -2.18. The van der Waals surface area contributed by atoms with Crippen LogP contribution in [0.4, 0.5) is 5.69 Å². The number of hydrogen-bond donors (Lipinski definition) is 2. The molecule has 26 heavy (non-hydrogen) atoms. The average molecular weight is 374 g/mol. The monoisotopic (exact) mass is 373 g/mol. The maximum Gasteiger partial charge on any atom is 0.279 e. The molecule has 2 heterocycles. The van der Waals surface area contributed by atoms with Gasteiger partial charge in [-0.25, -0.2) is 0 Å². The van der Waals surface area contributed by atoms with Gasteiger partial charge in [0.05, 0.1) is 23.2 Å². The SMILES string of the molecule is Cc1cc(C)c(NC(=O)C[NH+](Cc2ccco2)Cc2ccco2)c(Cl)c1. The zero-order valence-corrected chi connectivity index (χ0v) is 15.6. The van der Waals surface area contributed by atoms with Crippen molar-refractivity contribution in [3.8, 4) is 0 Å². The van der Waals surface area contributed by atoms with Crippen molar-refractivity contribution in [2.24, 2.45) is 0 Å². The summed E-state index contributed by atoms with van der Waals surface area (Å²) in [5, 5.41) is 3.49. The zero-order valence-electron chi connectivity index (χ0n) is 14.8. The molecule has 0 unspecified atom stereocenters. The number of amides is 1. The number of nitrogens with one attached hydrogen (secondary N) is 2. The van der Waals surface area contributed by atoms with Crippen LogP contribution in [-0.4, -0.2) is 12.5 Å². The molecule has 136 valence electrons. The number of aryl methyl sites for hydroxylation is 2. The average Bonchev–Trinajstić information content (AvgIpc) is 3.24. The van der Waals surface area contributed by atoms with E-state index in [1.54, 1.807) is 12.5 Å². The predicted molar refractivity (Wildman–Crippen MR) is 100 cm³/mol. The third kappa shape index (κ3) is 4.77. The van der Waals surface area contributed by atoms with E-state index in [1.165, 1.54) is 0 Å². The van der Waals surface area contributed by atoms with Gasteiger partial charge in [-0.2, -0.15) is 0 Å². The Labute approximate surface area is 157 Å². The molecule has 1 amide bonds. The second-order valence-corrected chi connectivity index (χ2v) is 6.83. The number of rotatable bonds is 7. The van der Waals surface area contributed by atoms with Crippen molar-refractivity contribution in [3.05, 3.63) is 76.6 Å². The predicted octanol–water partition coefficient (Wildman–Crippen LogP) is 3.37. The Kier molecular flexibility index (Phi) is 5.81. The summed E-state index contributed by atoms with van der Waals surface area (Å²) in [5.41, 5.74) is 2.67. The molecule has 0 saturated carbocycles. The van der Waals surface area contributed by atoms with Crippen LogP contribution >= 0.6 is 11.6 Å². The fraction of sp³-hybridized carbons (Fsp3) is 0.250. The smallest absolute Gasteiger partial charge is 0.279 e. The van der Waals surface area contributed by atoms with Crippen molar-refractivity contribution in [1.82, 2.24) is 0 Å². The van der Waals surface area contributed by atoms with Crippen LogP contribution in [0.15, 0.2) is 57.8 Å². The van der Waals surface area contributed by atoms with Crippen molar-refractivity contribution >= 4 is 23.2 Å². The summed E-state index contributed by atoms with van der Waals surface area (Å²) in [6.07, 6.45) is 3.27. The molecular formula is C20H22ClN2O3+. The molecule has 1 aromatic carbocycles. The van der Waals surface area contributed by atoms with E-state index in [9.17, 15) is 4.79 Å². The molecule has 0 bridgehead atoms. The molecule has 3 aromatic rings. The van der Waals surface area contributed by atoms with E-state index in [0.29, 0.717) is 23.8 Å². The van der Waals surface area contributed by atoms with Gasteiger partial charge in [0.2, 0.25) is 0 Å². The lowest BCUT2D eigenvalue weighted by molar-refractivity contribution is -0.921. The highest BCUT2D eigenvalue weighted by Crippen LogP contribution is 2.27. The molecule has 0 atom stereocenters. The molecule has 5 nitrogen and oxygen atoms in total. The number of quaternary nitrogens is 1. The normalized spacial score (nSPS) is 11.1. The summed E-state index contributed by atoms with van der Waals surface area (Å²) in [7, 11) is 0. The van der Waals surface area contributed by atoms with Crippen LogP contribution < -0.4 is 10.2 Å². The third-order valence-electron chi connectivity index (χ3n) is 4.12. The van der Waals surface area contributed by atoms with Gasteiger partial charge in [-0.1, -0.05) is 17.7 Å². The Morgan fingerprint density at radius 2 is 1.69 bits per heavy atom. The van der Waals surface area contributed by atoms with Gasteiger partial charge in [-0.15, -0.1) is 0 Å². The Bertz CT molecular complexity index is 798. The Hall–Kier alpha value is -2.50. The number of halogens is 1.